The number of hydrogen-bond donors (Lipinski definition) is 1. The predicted molar refractivity (Wildman–Crippen MR) is 87.8 cm³/mol. The summed E-state index contributed by atoms with van der Waals surface area (Å²) in [5.41, 5.74) is 9.02. The van der Waals surface area contributed by atoms with E-state index in [0.29, 0.717) is 26.0 Å². The summed E-state index contributed by atoms with van der Waals surface area (Å²) < 4.78 is 10.9. The lowest BCUT2D eigenvalue weighted by molar-refractivity contribution is -0.111. The second kappa shape index (κ2) is 8.96. The Labute approximate surface area is 138 Å². The normalized spacial score (nSPS) is 12.5. The number of nitrogens with zero attached hydrogens (tertiary/aromatic N) is 3. The van der Waals surface area contributed by atoms with Crippen LogP contribution in [0, 0.1) is 0 Å². The maximum atomic E-state index is 11.6. The molecule has 0 bridgehead atoms. The first-order chi connectivity index (χ1) is 10.4. The van der Waals surface area contributed by atoms with Crippen molar-refractivity contribution in [2.45, 2.75) is 78.1 Å². The lowest BCUT2D eigenvalue weighted by Gasteiger charge is -2.29. The highest BCUT2D eigenvalue weighted by molar-refractivity contribution is 5.66. The number of ether oxygens (including phenoxy) is 2. The van der Waals surface area contributed by atoms with Crippen LogP contribution in [0.25, 0.3) is 10.4 Å². The number of hydrogen-bond acceptors (Lipinski definition) is 5. The highest BCUT2D eigenvalue weighted by Gasteiger charge is 2.25. The summed E-state index contributed by atoms with van der Waals surface area (Å²) in [4.78, 5) is 19.7. The van der Waals surface area contributed by atoms with Crippen molar-refractivity contribution in [3.05, 3.63) is 10.4 Å². The monoisotopic (exact) mass is 330 g/mol. The van der Waals surface area contributed by atoms with Crippen molar-refractivity contribution in [2.75, 3.05) is 13.2 Å². The molecule has 1 N–H and O–H groups in total. The van der Waals surface area contributed by atoms with Crippen LogP contribution in [0.1, 0.15) is 61.3 Å². The topological polar surface area (TPSA) is 106 Å². The van der Waals surface area contributed by atoms with Gasteiger partial charge in [-0.2, -0.15) is 5.48 Å². The highest BCUT2D eigenvalue weighted by Crippen LogP contribution is 2.19. The van der Waals surface area contributed by atoms with Crippen LogP contribution in [0.5, 0.6) is 0 Å². The van der Waals surface area contributed by atoms with Crippen LogP contribution in [0.2, 0.25) is 0 Å². The van der Waals surface area contributed by atoms with Crippen molar-refractivity contribution in [2.24, 2.45) is 5.11 Å². The van der Waals surface area contributed by atoms with Gasteiger partial charge in [0, 0.05) is 17.9 Å². The van der Waals surface area contributed by atoms with Gasteiger partial charge in [0.15, 0.2) is 0 Å². The highest BCUT2D eigenvalue weighted by atomic mass is 16.7. The number of carbonyl (C=O) groups excluding carboxylic acids is 1. The molecule has 0 aliphatic heterocycles. The Hall–Kier alpha value is -1.50. The van der Waals surface area contributed by atoms with E-state index >= 15 is 0 Å². The standard InChI is InChI=1S/C15H30N4O4/c1-13(2,3)22-12(20)18-23-15(6,7)9-11-21-14(4,5)8-10-17-19-16/h8-11H2,1-7H3,(H,18,20). The third-order valence-electron chi connectivity index (χ3n) is 2.88. The molecule has 0 heterocycles. The minimum Gasteiger partial charge on any atom is -0.442 e. The molecule has 23 heavy (non-hydrogen) atoms. The molecule has 0 atom stereocenters. The summed E-state index contributed by atoms with van der Waals surface area (Å²) in [6.07, 6.45) is 0.587. The molecular formula is C15H30N4O4. The molecule has 8 heteroatoms. The molecule has 0 rings (SSSR count). The quantitative estimate of drug-likeness (QED) is 0.297. The Morgan fingerprint density at radius 2 is 1.70 bits per heavy atom. The van der Waals surface area contributed by atoms with Crippen LogP contribution < -0.4 is 5.48 Å². The number of carbonyl (C=O) groups is 1. The fraction of sp³-hybridized carbons (Fsp3) is 0.933. The summed E-state index contributed by atoms with van der Waals surface area (Å²) in [5.74, 6) is 0. The second-order valence-corrected chi connectivity index (χ2v) is 7.53. The summed E-state index contributed by atoms with van der Waals surface area (Å²) in [6, 6.07) is 0. The van der Waals surface area contributed by atoms with Gasteiger partial charge >= 0.3 is 6.09 Å². The average molecular weight is 330 g/mol. The van der Waals surface area contributed by atoms with Crippen LogP contribution in [0.15, 0.2) is 5.11 Å². The van der Waals surface area contributed by atoms with E-state index in [0.717, 1.165) is 0 Å². The average Bonchev–Trinajstić information content (AvgIpc) is 2.34. The van der Waals surface area contributed by atoms with Gasteiger partial charge < -0.3 is 9.47 Å². The lowest BCUT2D eigenvalue weighted by Crippen LogP contribution is -2.40. The minimum absolute atomic E-state index is 0.386. The predicted octanol–water partition coefficient (Wildman–Crippen LogP) is 4.11. The number of rotatable bonds is 9. The summed E-state index contributed by atoms with van der Waals surface area (Å²) in [6.45, 7) is 13.8. The van der Waals surface area contributed by atoms with Gasteiger partial charge in [-0.1, -0.05) is 5.11 Å². The Balaban J connectivity index is 4.12. The van der Waals surface area contributed by atoms with E-state index in [2.05, 4.69) is 15.5 Å². The van der Waals surface area contributed by atoms with Crippen LogP contribution in [-0.4, -0.2) is 36.0 Å². The Kier molecular flexibility index (Phi) is 8.37. The van der Waals surface area contributed by atoms with Crippen molar-refractivity contribution >= 4 is 6.09 Å². The van der Waals surface area contributed by atoms with Crippen molar-refractivity contribution in [1.29, 1.82) is 0 Å². The van der Waals surface area contributed by atoms with Gasteiger partial charge in [0.25, 0.3) is 0 Å². The van der Waals surface area contributed by atoms with E-state index in [1.807, 2.05) is 27.7 Å². The van der Waals surface area contributed by atoms with Crippen molar-refractivity contribution < 1.29 is 19.1 Å². The van der Waals surface area contributed by atoms with Crippen LogP contribution in [0.4, 0.5) is 4.79 Å². The number of hydroxylamine groups is 1. The maximum Gasteiger partial charge on any atom is 0.431 e. The third kappa shape index (κ3) is 12.7. The summed E-state index contributed by atoms with van der Waals surface area (Å²) in [7, 11) is 0. The first kappa shape index (κ1) is 21.5. The van der Waals surface area contributed by atoms with Gasteiger partial charge in [0.1, 0.15) is 5.60 Å². The molecule has 0 spiro atoms. The van der Waals surface area contributed by atoms with Gasteiger partial charge in [-0.3, -0.25) is 4.84 Å². The van der Waals surface area contributed by atoms with Crippen molar-refractivity contribution in [3.63, 3.8) is 0 Å². The van der Waals surface area contributed by atoms with E-state index in [-0.39, 0.29) is 5.60 Å². The Morgan fingerprint density at radius 1 is 1.09 bits per heavy atom. The molecular weight excluding hydrogens is 300 g/mol. The Bertz CT molecular complexity index is 424. The van der Waals surface area contributed by atoms with Gasteiger partial charge in [0.2, 0.25) is 0 Å². The SMILES string of the molecule is CC(C)(C)OC(=O)NOC(C)(C)CCOC(C)(C)CCN=[N+]=[N-]. The zero-order valence-electron chi connectivity index (χ0n) is 15.3. The molecule has 0 saturated heterocycles. The molecule has 0 radical (unpaired) electrons. The zero-order valence-corrected chi connectivity index (χ0v) is 15.3. The third-order valence-corrected chi connectivity index (χ3v) is 2.88. The first-order valence-electron chi connectivity index (χ1n) is 7.69. The van der Waals surface area contributed by atoms with Gasteiger partial charge in [0.05, 0.1) is 17.8 Å². The van der Waals surface area contributed by atoms with Crippen molar-refractivity contribution in [1.82, 2.24) is 5.48 Å². The number of nitrogens with one attached hydrogen (secondary N) is 1. The van der Waals surface area contributed by atoms with Crippen LogP contribution >= 0.6 is 0 Å². The van der Waals surface area contributed by atoms with E-state index in [4.69, 9.17) is 19.8 Å². The number of azide groups is 1. The molecule has 1 amide bonds. The molecule has 0 aromatic heterocycles. The molecule has 0 unspecified atom stereocenters. The molecule has 0 aromatic rings. The molecule has 0 saturated carbocycles. The summed E-state index contributed by atoms with van der Waals surface area (Å²) in [5, 5.41) is 3.51. The first-order valence-corrected chi connectivity index (χ1v) is 7.69. The number of amides is 1. The fourth-order valence-corrected chi connectivity index (χ4v) is 1.54. The van der Waals surface area contributed by atoms with Gasteiger partial charge in [-0.25, -0.2) is 4.79 Å². The lowest BCUT2D eigenvalue weighted by atomic mass is 10.0. The van der Waals surface area contributed by atoms with Crippen LogP contribution in [0.3, 0.4) is 0 Å². The molecule has 0 aromatic carbocycles. The molecule has 0 fully saturated rings. The van der Waals surface area contributed by atoms with E-state index < -0.39 is 17.3 Å². The molecule has 8 nitrogen and oxygen atoms in total. The zero-order chi connectivity index (χ0) is 18.1. The second-order valence-electron chi connectivity index (χ2n) is 7.53. The van der Waals surface area contributed by atoms with E-state index in [9.17, 15) is 4.79 Å². The fourth-order valence-electron chi connectivity index (χ4n) is 1.54. The molecule has 0 aliphatic rings. The summed E-state index contributed by atoms with van der Waals surface area (Å²) >= 11 is 0. The van der Waals surface area contributed by atoms with E-state index in [1.54, 1.807) is 20.8 Å². The smallest absolute Gasteiger partial charge is 0.431 e. The molecule has 0 aliphatic carbocycles. The van der Waals surface area contributed by atoms with Gasteiger partial charge in [-0.15, -0.1) is 0 Å². The van der Waals surface area contributed by atoms with E-state index in [1.165, 1.54) is 0 Å². The Morgan fingerprint density at radius 3 is 2.22 bits per heavy atom. The molecule has 134 valence electrons. The minimum atomic E-state index is -0.624. The van der Waals surface area contributed by atoms with Crippen LogP contribution in [-0.2, 0) is 14.3 Å². The largest absolute Gasteiger partial charge is 0.442 e. The maximum absolute atomic E-state index is 11.6. The van der Waals surface area contributed by atoms with Crippen molar-refractivity contribution in [3.8, 4) is 0 Å². The van der Waals surface area contributed by atoms with Gasteiger partial charge in [-0.05, 0) is 60.4 Å².